The summed E-state index contributed by atoms with van der Waals surface area (Å²) in [5.74, 6) is -0.455. The van der Waals surface area contributed by atoms with Gasteiger partial charge in [0.15, 0.2) is 5.13 Å². The Labute approximate surface area is 135 Å². The summed E-state index contributed by atoms with van der Waals surface area (Å²) in [6.45, 7) is 0. The van der Waals surface area contributed by atoms with Gasteiger partial charge in [0.25, 0.3) is 0 Å². The first kappa shape index (κ1) is 14.5. The number of anilines is 2. The number of thiazole rings is 1. The van der Waals surface area contributed by atoms with Gasteiger partial charge in [0.1, 0.15) is 10.7 Å². The third-order valence-corrected chi connectivity index (χ3v) is 4.01. The molecule has 2 aromatic heterocycles. The van der Waals surface area contributed by atoms with Crippen LogP contribution < -0.4 is 5.32 Å². The van der Waals surface area contributed by atoms with E-state index in [1.807, 2.05) is 30.3 Å². The van der Waals surface area contributed by atoms with Gasteiger partial charge in [-0.05, 0) is 12.1 Å². The van der Waals surface area contributed by atoms with Crippen molar-refractivity contribution in [3.63, 3.8) is 0 Å². The fourth-order valence-electron chi connectivity index (χ4n) is 1.87. The molecule has 0 aliphatic rings. The van der Waals surface area contributed by atoms with E-state index in [1.54, 1.807) is 12.1 Å². The Balaban J connectivity index is 1.97. The van der Waals surface area contributed by atoms with Crippen LogP contribution in [0.15, 0.2) is 48.7 Å². The van der Waals surface area contributed by atoms with E-state index < -0.39 is 5.97 Å². The van der Waals surface area contributed by atoms with Gasteiger partial charge in [-0.1, -0.05) is 53.3 Å². The monoisotopic (exact) mass is 331 g/mol. The Morgan fingerprint density at radius 1 is 1.18 bits per heavy atom. The molecule has 1 aromatic carbocycles. The van der Waals surface area contributed by atoms with Crippen LogP contribution in [0.4, 0.5) is 10.9 Å². The van der Waals surface area contributed by atoms with E-state index >= 15 is 0 Å². The van der Waals surface area contributed by atoms with Crippen LogP contribution in [0.25, 0.3) is 11.3 Å². The number of pyridine rings is 1. The lowest BCUT2D eigenvalue weighted by Gasteiger charge is -2.00. The molecule has 110 valence electrons. The summed E-state index contributed by atoms with van der Waals surface area (Å²) in [5, 5.41) is 13.3. The second kappa shape index (κ2) is 6.13. The molecule has 3 rings (SSSR count). The first-order chi connectivity index (χ1) is 10.6. The first-order valence-corrected chi connectivity index (χ1v) is 7.51. The highest BCUT2D eigenvalue weighted by molar-refractivity contribution is 7.17. The summed E-state index contributed by atoms with van der Waals surface area (Å²) < 4.78 is 0. The number of carboxylic acids is 1. The maximum atomic E-state index is 11.4. The van der Waals surface area contributed by atoms with E-state index in [0.717, 1.165) is 16.9 Å². The number of benzene rings is 1. The zero-order valence-electron chi connectivity index (χ0n) is 11.2. The van der Waals surface area contributed by atoms with E-state index in [9.17, 15) is 9.90 Å². The normalized spacial score (nSPS) is 10.4. The average molecular weight is 332 g/mol. The van der Waals surface area contributed by atoms with E-state index in [2.05, 4.69) is 15.3 Å². The largest absolute Gasteiger partial charge is 0.477 e. The molecule has 0 bridgehead atoms. The number of hydrogen-bond donors (Lipinski definition) is 2. The standard InChI is InChI=1S/C15H10ClN3O2S/c16-10-6-7-11(17-8-10)18-15-19-12(13(22-15)14(20)21)9-4-2-1-3-5-9/h1-8H,(H,20,21)(H,17,18,19). The maximum Gasteiger partial charge on any atom is 0.348 e. The Bertz CT molecular complexity index is 803. The number of aromatic carboxylic acids is 1. The van der Waals surface area contributed by atoms with Crippen LogP contribution in [0.1, 0.15) is 9.67 Å². The molecule has 0 amide bonds. The van der Waals surface area contributed by atoms with Gasteiger partial charge in [0.05, 0.1) is 10.7 Å². The predicted molar refractivity (Wildman–Crippen MR) is 87.0 cm³/mol. The minimum Gasteiger partial charge on any atom is -0.477 e. The van der Waals surface area contributed by atoms with E-state index in [-0.39, 0.29) is 4.88 Å². The number of aromatic nitrogens is 2. The summed E-state index contributed by atoms with van der Waals surface area (Å²) in [7, 11) is 0. The summed E-state index contributed by atoms with van der Waals surface area (Å²) in [5.41, 5.74) is 1.20. The number of rotatable bonds is 4. The lowest BCUT2D eigenvalue weighted by molar-refractivity contribution is 0.0702. The van der Waals surface area contributed by atoms with Crippen molar-refractivity contribution in [1.82, 2.24) is 9.97 Å². The number of halogens is 1. The number of nitrogens with zero attached hydrogens (tertiary/aromatic N) is 2. The van der Waals surface area contributed by atoms with Crippen LogP contribution in [0.5, 0.6) is 0 Å². The zero-order valence-corrected chi connectivity index (χ0v) is 12.7. The average Bonchev–Trinajstić information content (AvgIpc) is 2.95. The fraction of sp³-hybridized carbons (Fsp3) is 0. The number of hydrogen-bond acceptors (Lipinski definition) is 5. The summed E-state index contributed by atoms with van der Waals surface area (Å²) in [6, 6.07) is 12.6. The lowest BCUT2D eigenvalue weighted by atomic mass is 10.1. The van der Waals surface area contributed by atoms with Crippen molar-refractivity contribution in [3.8, 4) is 11.3 Å². The van der Waals surface area contributed by atoms with Crippen LogP contribution in [-0.4, -0.2) is 21.0 Å². The SMILES string of the molecule is O=C(O)c1sc(Nc2ccc(Cl)cn2)nc1-c1ccccc1. The van der Waals surface area contributed by atoms with Gasteiger partial charge in [0, 0.05) is 11.8 Å². The highest BCUT2D eigenvalue weighted by Gasteiger charge is 2.18. The molecule has 5 nitrogen and oxygen atoms in total. The van der Waals surface area contributed by atoms with Crippen LogP contribution >= 0.6 is 22.9 Å². The number of nitrogens with one attached hydrogen (secondary N) is 1. The zero-order chi connectivity index (χ0) is 15.5. The van der Waals surface area contributed by atoms with Crippen LogP contribution in [0, 0.1) is 0 Å². The second-order valence-electron chi connectivity index (χ2n) is 4.35. The Morgan fingerprint density at radius 3 is 2.59 bits per heavy atom. The Kier molecular flexibility index (Phi) is 4.04. The van der Waals surface area contributed by atoms with Crippen molar-refractivity contribution in [1.29, 1.82) is 0 Å². The van der Waals surface area contributed by atoms with Crippen molar-refractivity contribution in [2.24, 2.45) is 0 Å². The smallest absolute Gasteiger partial charge is 0.348 e. The quantitative estimate of drug-likeness (QED) is 0.745. The molecule has 3 aromatic rings. The van der Waals surface area contributed by atoms with Crippen LogP contribution in [0.3, 0.4) is 0 Å². The second-order valence-corrected chi connectivity index (χ2v) is 5.79. The van der Waals surface area contributed by atoms with Gasteiger partial charge >= 0.3 is 5.97 Å². The van der Waals surface area contributed by atoms with Crippen LogP contribution in [0.2, 0.25) is 5.02 Å². The van der Waals surface area contributed by atoms with Gasteiger partial charge in [0.2, 0.25) is 0 Å². The van der Waals surface area contributed by atoms with E-state index in [4.69, 9.17) is 11.6 Å². The molecule has 0 saturated carbocycles. The molecule has 0 radical (unpaired) electrons. The van der Waals surface area contributed by atoms with Crippen molar-refractivity contribution in [2.45, 2.75) is 0 Å². The summed E-state index contributed by atoms with van der Waals surface area (Å²) in [4.78, 5) is 20.1. The molecule has 0 aliphatic carbocycles. The minimum atomic E-state index is -1.01. The molecule has 0 spiro atoms. The van der Waals surface area contributed by atoms with Gasteiger partial charge in [-0.3, -0.25) is 0 Å². The van der Waals surface area contributed by atoms with Crippen molar-refractivity contribution >= 4 is 39.9 Å². The minimum absolute atomic E-state index is 0.183. The molecule has 0 unspecified atom stereocenters. The number of carbonyl (C=O) groups is 1. The Hall–Kier alpha value is -2.44. The summed E-state index contributed by atoms with van der Waals surface area (Å²) >= 11 is 6.85. The fourth-order valence-corrected chi connectivity index (χ4v) is 2.81. The van der Waals surface area contributed by atoms with Gasteiger partial charge in [-0.25, -0.2) is 14.8 Å². The third kappa shape index (κ3) is 3.08. The lowest BCUT2D eigenvalue weighted by Crippen LogP contribution is -1.95. The highest BCUT2D eigenvalue weighted by Crippen LogP contribution is 2.32. The molecular weight excluding hydrogens is 322 g/mol. The van der Waals surface area contributed by atoms with Crippen molar-refractivity contribution in [3.05, 3.63) is 58.6 Å². The first-order valence-electron chi connectivity index (χ1n) is 6.31. The molecule has 0 fully saturated rings. The van der Waals surface area contributed by atoms with Crippen molar-refractivity contribution in [2.75, 3.05) is 5.32 Å². The third-order valence-electron chi connectivity index (χ3n) is 2.83. The van der Waals surface area contributed by atoms with Crippen LogP contribution in [-0.2, 0) is 0 Å². The predicted octanol–water partition coefficient (Wildman–Crippen LogP) is 4.30. The molecular formula is C15H10ClN3O2S. The number of carboxylic acid groups (broad SMARTS) is 1. The van der Waals surface area contributed by atoms with Gasteiger partial charge < -0.3 is 10.4 Å². The van der Waals surface area contributed by atoms with Gasteiger partial charge in [-0.15, -0.1) is 0 Å². The van der Waals surface area contributed by atoms with Crippen molar-refractivity contribution < 1.29 is 9.90 Å². The summed E-state index contributed by atoms with van der Waals surface area (Å²) in [6.07, 6.45) is 1.51. The topological polar surface area (TPSA) is 75.1 Å². The molecule has 7 heteroatoms. The molecule has 2 N–H and O–H groups in total. The molecule has 0 saturated heterocycles. The molecule has 0 atom stereocenters. The molecule has 2 heterocycles. The van der Waals surface area contributed by atoms with E-state index in [1.165, 1.54) is 6.20 Å². The maximum absolute atomic E-state index is 11.4. The molecule has 0 aliphatic heterocycles. The van der Waals surface area contributed by atoms with Gasteiger partial charge in [-0.2, -0.15) is 0 Å². The Morgan fingerprint density at radius 2 is 1.95 bits per heavy atom. The van der Waals surface area contributed by atoms with E-state index in [0.29, 0.717) is 21.7 Å². The highest BCUT2D eigenvalue weighted by atomic mass is 35.5. The molecule has 22 heavy (non-hydrogen) atoms.